The van der Waals surface area contributed by atoms with E-state index >= 15 is 0 Å². The molecule has 0 radical (unpaired) electrons. The van der Waals surface area contributed by atoms with E-state index in [-0.39, 0.29) is 11.8 Å². The van der Waals surface area contributed by atoms with E-state index in [1.165, 1.54) is 0 Å². The minimum absolute atomic E-state index is 0.269. The number of likely N-dealkylation sites (N-methyl/N-ethyl adjacent to an activating group) is 1. The molecule has 3 aromatic rings. The van der Waals surface area contributed by atoms with Gasteiger partial charge >= 0.3 is 0 Å². The van der Waals surface area contributed by atoms with Gasteiger partial charge in [-0.2, -0.15) is 0 Å². The first-order valence-electron chi connectivity index (χ1n) is 10.6. The first-order chi connectivity index (χ1) is 15.8. The number of anilines is 1. The molecule has 0 unspecified atom stereocenters. The van der Waals surface area contributed by atoms with Gasteiger partial charge in [-0.15, -0.1) is 0 Å². The average Bonchev–Trinajstić information content (AvgIpc) is 2.92. The van der Waals surface area contributed by atoms with E-state index in [0.717, 1.165) is 22.4 Å². The van der Waals surface area contributed by atoms with E-state index in [1.54, 1.807) is 31.0 Å². The van der Waals surface area contributed by atoms with E-state index in [1.807, 2.05) is 60.7 Å². The van der Waals surface area contributed by atoms with Gasteiger partial charge in [-0.25, -0.2) is 4.99 Å². The second kappa shape index (κ2) is 9.77. The quantitative estimate of drug-likeness (QED) is 0.551. The minimum Gasteiger partial charge on any atom is -0.326 e. The molecule has 0 saturated carbocycles. The summed E-state index contributed by atoms with van der Waals surface area (Å²) in [6.45, 7) is 1.80. The Kier molecular flexibility index (Phi) is 6.82. The van der Waals surface area contributed by atoms with Gasteiger partial charge < -0.3 is 10.2 Å². The summed E-state index contributed by atoms with van der Waals surface area (Å²) >= 11 is 12.1. The molecular weight excluding hydrogens is 457 g/mol. The minimum atomic E-state index is -1.04. The third-order valence-corrected chi connectivity index (χ3v) is 6.38. The smallest absolute Gasteiger partial charge is 0.272 e. The Morgan fingerprint density at radius 2 is 1.73 bits per heavy atom. The number of nitrogens with zero attached hydrogens (tertiary/aromatic N) is 2. The van der Waals surface area contributed by atoms with Crippen molar-refractivity contribution in [2.45, 2.75) is 19.5 Å². The van der Waals surface area contributed by atoms with Crippen LogP contribution in [0.1, 0.15) is 23.6 Å². The van der Waals surface area contributed by atoms with Crippen LogP contribution in [0.15, 0.2) is 77.8 Å². The van der Waals surface area contributed by atoms with E-state index in [9.17, 15) is 9.59 Å². The van der Waals surface area contributed by atoms with Crippen LogP contribution < -0.4 is 10.2 Å². The summed E-state index contributed by atoms with van der Waals surface area (Å²) in [5, 5.41) is 3.75. The zero-order chi connectivity index (χ0) is 23.5. The molecule has 0 aliphatic carbocycles. The van der Waals surface area contributed by atoms with Gasteiger partial charge in [-0.05, 0) is 30.2 Å². The molecule has 2 atom stereocenters. The number of halogens is 2. The van der Waals surface area contributed by atoms with Gasteiger partial charge in [0.05, 0.1) is 21.4 Å². The van der Waals surface area contributed by atoms with Crippen molar-refractivity contribution < 1.29 is 9.59 Å². The van der Waals surface area contributed by atoms with Crippen LogP contribution in [0, 0.1) is 5.92 Å². The number of rotatable bonds is 5. The van der Waals surface area contributed by atoms with Crippen LogP contribution in [0.2, 0.25) is 10.0 Å². The molecular formula is C26H23Cl2N3O2. The monoisotopic (exact) mass is 479 g/mol. The standard InChI is InChI=1S/C26H23Cl2N3O2/c1-16(14-17-12-13-20(27)21(28)15-17)25(32)30-24-26(33)31(2)22-11-7-6-10-19(22)23(29-24)18-8-4-3-5-9-18/h3-13,15-16,24H,14H2,1-2H3,(H,30,32)/t16-,24+/m0/s1. The molecule has 3 aromatic carbocycles. The Labute approximate surface area is 203 Å². The van der Waals surface area contributed by atoms with Gasteiger partial charge in [0.25, 0.3) is 5.91 Å². The molecule has 168 valence electrons. The maximum absolute atomic E-state index is 13.3. The van der Waals surface area contributed by atoms with E-state index in [0.29, 0.717) is 22.2 Å². The summed E-state index contributed by atoms with van der Waals surface area (Å²) in [6, 6.07) is 22.5. The van der Waals surface area contributed by atoms with E-state index in [2.05, 4.69) is 5.32 Å². The number of carbonyl (C=O) groups excluding carboxylic acids is 2. The highest BCUT2D eigenvalue weighted by molar-refractivity contribution is 6.42. The fourth-order valence-electron chi connectivity index (χ4n) is 3.83. The summed E-state index contributed by atoms with van der Waals surface area (Å²) in [5.74, 6) is -0.972. The summed E-state index contributed by atoms with van der Waals surface area (Å²) in [4.78, 5) is 32.6. The number of carbonyl (C=O) groups is 2. The average molecular weight is 480 g/mol. The largest absolute Gasteiger partial charge is 0.326 e. The molecule has 0 fully saturated rings. The highest BCUT2D eigenvalue weighted by atomic mass is 35.5. The lowest BCUT2D eigenvalue weighted by Gasteiger charge is -2.22. The molecule has 4 rings (SSSR count). The molecule has 0 saturated heterocycles. The van der Waals surface area contributed by atoms with Crippen molar-refractivity contribution in [2.24, 2.45) is 10.9 Å². The van der Waals surface area contributed by atoms with Gasteiger partial charge in [0.2, 0.25) is 12.1 Å². The molecule has 0 aromatic heterocycles. The predicted molar refractivity (Wildman–Crippen MR) is 133 cm³/mol. The zero-order valence-electron chi connectivity index (χ0n) is 18.3. The molecule has 7 heteroatoms. The number of fused-ring (bicyclic) bond motifs is 1. The number of aliphatic imine (C=N–C) groups is 1. The summed E-state index contributed by atoms with van der Waals surface area (Å²) in [5.41, 5.74) is 3.99. The topological polar surface area (TPSA) is 61.8 Å². The van der Waals surface area contributed by atoms with Crippen molar-refractivity contribution >= 4 is 46.4 Å². The van der Waals surface area contributed by atoms with Crippen molar-refractivity contribution in [1.82, 2.24) is 5.32 Å². The number of hydrogen-bond donors (Lipinski definition) is 1. The second-order valence-electron chi connectivity index (χ2n) is 8.02. The summed E-state index contributed by atoms with van der Waals surface area (Å²) < 4.78 is 0. The number of amides is 2. The lowest BCUT2D eigenvalue weighted by molar-refractivity contribution is -0.129. The highest BCUT2D eigenvalue weighted by Gasteiger charge is 2.31. The molecule has 1 aliphatic rings. The molecule has 0 spiro atoms. The van der Waals surface area contributed by atoms with Crippen molar-refractivity contribution in [3.05, 3.63) is 99.5 Å². The Morgan fingerprint density at radius 3 is 2.45 bits per heavy atom. The molecule has 5 nitrogen and oxygen atoms in total. The van der Waals surface area contributed by atoms with Crippen molar-refractivity contribution in [1.29, 1.82) is 0 Å². The zero-order valence-corrected chi connectivity index (χ0v) is 19.8. The molecule has 1 heterocycles. The predicted octanol–water partition coefficient (Wildman–Crippen LogP) is 5.13. The third-order valence-electron chi connectivity index (χ3n) is 5.64. The van der Waals surface area contributed by atoms with Crippen molar-refractivity contribution in [3.63, 3.8) is 0 Å². The van der Waals surface area contributed by atoms with Crippen molar-refractivity contribution in [2.75, 3.05) is 11.9 Å². The number of para-hydroxylation sites is 1. The van der Waals surface area contributed by atoms with E-state index < -0.39 is 12.1 Å². The van der Waals surface area contributed by atoms with E-state index in [4.69, 9.17) is 28.2 Å². The first-order valence-corrected chi connectivity index (χ1v) is 11.3. The van der Waals surface area contributed by atoms with Gasteiger partial charge in [0, 0.05) is 24.1 Å². The van der Waals surface area contributed by atoms with Crippen LogP contribution in [-0.4, -0.2) is 30.7 Å². The molecule has 2 amide bonds. The van der Waals surface area contributed by atoms with Gasteiger partial charge in [-0.3, -0.25) is 9.59 Å². The summed E-state index contributed by atoms with van der Waals surface area (Å²) in [7, 11) is 1.70. The number of benzene rings is 3. The van der Waals surface area contributed by atoms with Crippen LogP contribution in [-0.2, 0) is 16.0 Å². The summed E-state index contributed by atoms with van der Waals surface area (Å²) in [6.07, 6.45) is -0.587. The number of hydrogen-bond acceptors (Lipinski definition) is 3. The molecule has 1 aliphatic heterocycles. The fraction of sp³-hybridized carbons (Fsp3) is 0.192. The first kappa shape index (κ1) is 23.0. The fourth-order valence-corrected chi connectivity index (χ4v) is 4.15. The Balaban J connectivity index is 1.63. The van der Waals surface area contributed by atoms with Crippen LogP contribution in [0.4, 0.5) is 5.69 Å². The maximum atomic E-state index is 13.3. The lowest BCUT2D eigenvalue weighted by Crippen LogP contribution is -2.47. The third kappa shape index (κ3) is 4.95. The molecule has 33 heavy (non-hydrogen) atoms. The van der Waals surface area contributed by atoms with Gasteiger partial charge in [0.1, 0.15) is 0 Å². The van der Waals surface area contributed by atoms with Crippen LogP contribution in [0.5, 0.6) is 0 Å². The molecule has 1 N–H and O–H groups in total. The van der Waals surface area contributed by atoms with Gasteiger partial charge in [0.15, 0.2) is 0 Å². The van der Waals surface area contributed by atoms with Gasteiger partial charge in [-0.1, -0.05) is 84.7 Å². The lowest BCUT2D eigenvalue weighted by atomic mass is 10.00. The maximum Gasteiger partial charge on any atom is 0.272 e. The number of benzodiazepines with no additional fused rings is 1. The van der Waals surface area contributed by atoms with Crippen LogP contribution in [0.25, 0.3) is 0 Å². The van der Waals surface area contributed by atoms with Crippen LogP contribution >= 0.6 is 23.2 Å². The normalized spacial score (nSPS) is 16.5. The SMILES string of the molecule is C[C@@H](Cc1ccc(Cl)c(Cl)c1)C(=O)N[C@H]1N=C(c2ccccc2)c2ccccc2N(C)C1=O. The Morgan fingerprint density at radius 1 is 1.03 bits per heavy atom. The number of nitrogens with one attached hydrogen (secondary N) is 1. The second-order valence-corrected chi connectivity index (χ2v) is 8.84. The Bertz CT molecular complexity index is 1230. The Hall–Kier alpha value is -3.15. The molecule has 0 bridgehead atoms. The van der Waals surface area contributed by atoms with Crippen LogP contribution in [0.3, 0.4) is 0 Å². The van der Waals surface area contributed by atoms with Crippen molar-refractivity contribution in [3.8, 4) is 0 Å². The highest BCUT2D eigenvalue weighted by Crippen LogP contribution is 2.27.